The normalized spacial score (nSPS) is 16.7. The zero-order valence-corrected chi connectivity index (χ0v) is 27.1. The van der Waals surface area contributed by atoms with E-state index in [1.807, 2.05) is 56.3 Å². The van der Waals surface area contributed by atoms with Gasteiger partial charge in [-0.05, 0) is 56.3 Å². The second-order valence-electron chi connectivity index (χ2n) is 11.3. The third kappa shape index (κ3) is 9.26. The molecular formula is C34H42F2N8O3. The lowest BCUT2D eigenvalue weighted by atomic mass is 9.93. The fourth-order valence-corrected chi connectivity index (χ4v) is 5.18. The summed E-state index contributed by atoms with van der Waals surface area (Å²) < 4.78 is 42.8. The van der Waals surface area contributed by atoms with Gasteiger partial charge in [0.1, 0.15) is 36.2 Å². The molecule has 1 fully saturated rings. The highest BCUT2D eigenvalue weighted by atomic mass is 19.1. The molecule has 0 aliphatic carbocycles. The van der Waals surface area contributed by atoms with Gasteiger partial charge in [0.25, 0.3) is 0 Å². The Hall–Kier alpha value is -5.04. The molecule has 11 nitrogen and oxygen atoms in total. The van der Waals surface area contributed by atoms with Gasteiger partial charge < -0.3 is 19.3 Å². The number of anilines is 1. The van der Waals surface area contributed by atoms with Gasteiger partial charge in [0, 0.05) is 55.1 Å². The average Bonchev–Trinajstić information content (AvgIpc) is 3.76. The van der Waals surface area contributed by atoms with Crippen LogP contribution in [-0.2, 0) is 16.0 Å². The molecule has 3 heterocycles. The maximum atomic E-state index is 14.8. The van der Waals surface area contributed by atoms with Crippen molar-refractivity contribution in [2.45, 2.75) is 32.9 Å². The number of allylic oxidation sites excluding steroid dienone is 5. The molecule has 0 amide bonds. The molecule has 47 heavy (non-hydrogen) atoms. The van der Waals surface area contributed by atoms with Crippen LogP contribution in [0.1, 0.15) is 20.8 Å². The summed E-state index contributed by atoms with van der Waals surface area (Å²) in [5.74, 6) is -0.161. The molecule has 2 atom stereocenters. The number of H-pyrrole nitrogens is 1. The summed E-state index contributed by atoms with van der Waals surface area (Å²) >= 11 is 0. The van der Waals surface area contributed by atoms with E-state index in [-0.39, 0.29) is 36.7 Å². The summed E-state index contributed by atoms with van der Waals surface area (Å²) in [6.45, 7) is 17.5. The molecule has 0 bridgehead atoms. The van der Waals surface area contributed by atoms with Crippen LogP contribution in [0.4, 0.5) is 14.5 Å². The molecule has 2 aromatic heterocycles. The van der Waals surface area contributed by atoms with Crippen LogP contribution in [0, 0.1) is 5.92 Å². The molecule has 1 aliphatic heterocycles. The first kappa shape index (κ1) is 34.8. The van der Waals surface area contributed by atoms with Crippen molar-refractivity contribution in [3.63, 3.8) is 0 Å². The van der Waals surface area contributed by atoms with Crippen molar-refractivity contribution in [1.82, 2.24) is 34.4 Å². The minimum Gasteiger partial charge on any atom is -0.494 e. The maximum absolute atomic E-state index is 14.8. The molecule has 0 spiro atoms. The number of benzene rings is 1. The fourth-order valence-electron chi connectivity index (χ4n) is 5.18. The monoisotopic (exact) mass is 648 g/mol. The number of hydrogen-bond donors (Lipinski definition) is 1. The highest BCUT2D eigenvalue weighted by molar-refractivity contribution is 5.51. The van der Waals surface area contributed by atoms with E-state index in [0.29, 0.717) is 12.4 Å². The van der Waals surface area contributed by atoms with Crippen LogP contribution in [0.2, 0.25) is 0 Å². The van der Waals surface area contributed by atoms with E-state index < -0.39 is 11.4 Å². The summed E-state index contributed by atoms with van der Waals surface area (Å²) in [7, 11) is 0. The standard InChI is InChI=1S/C34H42F2N8O3/c1-6-30(46-20-26(3)21-47-34(5,22-43-24-37-23-39-43)31(7-2)32(36)14-15-35)13-8-27(4)41-16-18-42(19-17-41)28-9-11-29(12-10-28)44-25-38-40-33(44)45/h6-15,23-26H,2,4,16-22H2,1,3,5H3,(H,40,45)/b13-8-,15-14+,30-6+,32-31-/t26-,34+/m1/s1. The smallest absolute Gasteiger partial charge is 0.347 e. The number of nitrogens with zero attached hydrogens (tertiary/aromatic N) is 7. The number of aromatic nitrogens is 6. The molecule has 0 radical (unpaired) electrons. The number of nitrogens with one attached hydrogen (secondary N) is 1. The summed E-state index contributed by atoms with van der Waals surface area (Å²) in [5.41, 5.74) is 1.37. The van der Waals surface area contributed by atoms with Crippen molar-refractivity contribution in [3.05, 3.63) is 126 Å². The molecular weight excluding hydrogens is 606 g/mol. The Morgan fingerprint density at radius 1 is 1.11 bits per heavy atom. The van der Waals surface area contributed by atoms with Gasteiger partial charge in [-0.25, -0.2) is 32.9 Å². The third-order valence-electron chi connectivity index (χ3n) is 7.85. The Morgan fingerprint density at radius 3 is 2.43 bits per heavy atom. The Bertz CT molecular complexity index is 1650. The Kier molecular flexibility index (Phi) is 12.2. The van der Waals surface area contributed by atoms with Crippen LogP contribution < -0.4 is 10.6 Å². The number of ether oxygens (including phenoxy) is 2. The Labute approximate surface area is 273 Å². The van der Waals surface area contributed by atoms with Crippen molar-refractivity contribution in [2.75, 3.05) is 44.3 Å². The van der Waals surface area contributed by atoms with E-state index >= 15 is 0 Å². The molecule has 1 aliphatic rings. The highest BCUT2D eigenvalue weighted by Crippen LogP contribution is 2.30. The molecule has 1 saturated heterocycles. The van der Waals surface area contributed by atoms with E-state index in [0.717, 1.165) is 49.3 Å². The van der Waals surface area contributed by atoms with Gasteiger partial charge >= 0.3 is 5.69 Å². The fraction of sp³-hybridized carbons (Fsp3) is 0.353. The van der Waals surface area contributed by atoms with Gasteiger partial charge in [-0.1, -0.05) is 26.2 Å². The van der Waals surface area contributed by atoms with Gasteiger partial charge in [0.05, 0.1) is 31.8 Å². The topological polar surface area (TPSA) is 106 Å². The van der Waals surface area contributed by atoms with E-state index in [2.05, 4.69) is 43.2 Å². The first-order chi connectivity index (χ1) is 22.7. The highest BCUT2D eigenvalue weighted by Gasteiger charge is 2.33. The average molecular weight is 649 g/mol. The van der Waals surface area contributed by atoms with E-state index in [1.165, 1.54) is 34.3 Å². The lowest BCUT2D eigenvalue weighted by molar-refractivity contribution is -0.0404. The van der Waals surface area contributed by atoms with Gasteiger partial charge in [0.2, 0.25) is 0 Å². The van der Waals surface area contributed by atoms with Crippen molar-refractivity contribution in [3.8, 4) is 5.69 Å². The van der Waals surface area contributed by atoms with Gasteiger partial charge in [-0.15, -0.1) is 0 Å². The van der Waals surface area contributed by atoms with Crippen LogP contribution in [0.25, 0.3) is 5.69 Å². The SMILES string of the molecule is C=C/C(=C(F)\C=C\F)[C@](C)(Cn1cncn1)OC[C@H](C)COC(/C=C\C(=C)N1CCN(c2ccc(-n3cn[nH]c3=O)cc2)CC1)=C/C. The predicted molar refractivity (Wildman–Crippen MR) is 178 cm³/mol. The number of halogens is 2. The number of piperazine rings is 1. The summed E-state index contributed by atoms with van der Waals surface area (Å²) in [5, 5.41) is 10.3. The quantitative estimate of drug-likeness (QED) is 0.166. The molecule has 1 aromatic carbocycles. The Morgan fingerprint density at radius 2 is 1.83 bits per heavy atom. The Balaban J connectivity index is 1.26. The minimum absolute atomic E-state index is 0.0646. The van der Waals surface area contributed by atoms with E-state index in [4.69, 9.17) is 9.47 Å². The van der Waals surface area contributed by atoms with Crippen molar-refractivity contribution in [1.29, 1.82) is 0 Å². The molecule has 0 unspecified atom stereocenters. The zero-order valence-electron chi connectivity index (χ0n) is 27.1. The van der Waals surface area contributed by atoms with E-state index in [9.17, 15) is 13.6 Å². The number of aromatic amines is 1. The van der Waals surface area contributed by atoms with Crippen molar-refractivity contribution < 1.29 is 18.3 Å². The molecule has 3 aromatic rings. The van der Waals surface area contributed by atoms with Crippen LogP contribution >= 0.6 is 0 Å². The van der Waals surface area contributed by atoms with Crippen LogP contribution in [-0.4, -0.2) is 79.4 Å². The summed E-state index contributed by atoms with van der Waals surface area (Å²) in [6, 6.07) is 7.84. The third-order valence-corrected chi connectivity index (χ3v) is 7.85. The zero-order chi connectivity index (χ0) is 33.8. The lowest BCUT2D eigenvalue weighted by Crippen LogP contribution is -2.45. The van der Waals surface area contributed by atoms with Crippen molar-refractivity contribution >= 4 is 5.69 Å². The second-order valence-corrected chi connectivity index (χ2v) is 11.3. The molecule has 13 heteroatoms. The first-order valence-corrected chi connectivity index (χ1v) is 15.3. The molecule has 250 valence electrons. The minimum atomic E-state index is -1.19. The summed E-state index contributed by atoms with van der Waals surface area (Å²) in [4.78, 5) is 20.3. The van der Waals surface area contributed by atoms with E-state index in [1.54, 1.807) is 6.92 Å². The summed E-state index contributed by atoms with van der Waals surface area (Å²) in [6.07, 6.45) is 12.3. The largest absolute Gasteiger partial charge is 0.494 e. The first-order valence-electron chi connectivity index (χ1n) is 15.3. The van der Waals surface area contributed by atoms with Crippen molar-refractivity contribution in [2.24, 2.45) is 5.92 Å². The van der Waals surface area contributed by atoms with Gasteiger partial charge in [0.15, 0.2) is 0 Å². The number of hydrogen-bond acceptors (Lipinski definition) is 8. The van der Waals surface area contributed by atoms with Crippen LogP contribution in [0.15, 0.2) is 121 Å². The van der Waals surface area contributed by atoms with Gasteiger partial charge in [-0.3, -0.25) is 0 Å². The molecule has 1 N–H and O–H groups in total. The molecule has 0 saturated carbocycles. The second kappa shape index (κ2) is 16.5. The van der Waals surface area contributed by atoms with Crippen LogP contribution in [0.3, 0.4) is 0 Å². The number of rotatable bonds is 16. The molecule has 4 rings (SSSR count). The maximum Gasteiger partial charge on any atom is 0.347 e. The lowest BCUT2D eigenvalue weighted by Gasteiger charge is -2.37. The van der Waals surface area contributed by atoms with Gasteiger partial charge in [-0.2, -0.15) is 10.2 Å². The van der Waals surface area contributed by atoms with Crippen LogP contribution in [0.5, 0.6) is 0 Å². The predicted octanol–water partition coefficient (Wildman–Crippen LogP) is 5.27.